The van der Waals surface area contributed by atoms with Crippen molar-refractivity contribution in [3.8, 4) is 16.9 Å². The van der Waals surface area contributed by atoms with Crippen LogP contribution in [0.25, 0.3) is 22.1 Å². The number of thiocarbonyl (C=S) groups is 1. The van der Waals surface area contributed by atoms with Gasteiger partial charge in [-0.05, 0) is 54.2 Å². The van der Waals surface area contributed by atoms with Crippen molar-refractivity contribution in [1.82, 2.24) is 5.32 Å². The second kappa shape index (κ2) is 9.21. The fraction of sp³-hybridized carbons (Fsp3) is 0.0417. The summed E-state index contributed by atoms with van der Waals surface area (Å²) in [7, 11) is 1.51. The van der Waals surface area contributed by atoms with E-state index in [0.717, 1.165) is 5.39 Å². The minimum Gasteiger partial charge on any atom is -0.495 e. The number of methoxy groups -OCH3 is 1. The highest BCUT2D eigenvalue weighted by Gasteiger charge is 2.15. The molecule has 6 nitrogen and oxygen atoms in total. The van der Waals surface area contributed by atoms with Gasteiger partial charge in [-0.3, -0.25) is 10.1 Å². The van der Waals surface area contributed by atoms with E-state index in [0.29, 0.717) is 38.7 Å². The van der Waals surface area contributed by atoms with Gasteiger partial charge in [0.1, 0.15) is 11.3 Å². The number of para-hydroxylation sites is 1. The Hall–Kier alpha value is -3.68. The number of nitrogens with one attached hydrogen (secondary N) is 2. The van der Waals surface area contributed by atoms with Crippen LogP contribution in [0.1, 0.15) is 10.4 Å². The highest BCUT2D eigenvalue weighted by molar-refractivity contribution is 7.80. The van der Waals surface area contributed by atoms with Crippen molar-refractivity contribution in [3.63, 3.8) is 0 Å². The molecular weight excluding hydrogens is 448 g/mol. The highest BCUT2D eigenvalue weighted by Crippen LogP contribution is 2.30. The number of fused-ring (bicyclic) bond motifs is 1. The van der Waals surface area contributed by atoms with E-state index in [4.69, 9.17) is 33.0 Å². The summed E-state index contributed by atoms with van der Waals surface area (Å²) in [5.74, 6) is 0.0339. The van der Waals surface area contributed by atoms with Crippen LogP contribution in [0.2, 0.25) is 5.02 Å². The Balaban J connectivity index is 1.62. The second-order valence-electron chi connectivity index (χ2n) is 6.79. The average Bonchev–Trinajstić information content (AvgIpc) is 2.78. The van der Waals surface area contributed by atoms with Crippen molar-refractivity contribution in [2.75, 3.05) is 12.4 Å². The summed E-state index contributed by atoms with van der Waals surface area (Å²) in [6.45, 7) is 0. The molecule has 0 unspecified atom stereocenters. The van der Waals surface area contributed by atoms with Crippen molar-refractivity contribution >= 4 is 51.5 Å². The number of amides is 1. The summed E-state index contributed by atoms with van der Waals surface area (Å²) in [4.78, 5) is 25.0. The van der Waals surface area contributed by atoms with E-state index in [2.05, 4.69) is 10.6 Å². The summed E-state index contributed by atoms with van der Waals surface area (Å²) in [5, 5.41) is 6.71. The topological polar surface area (TPSA) is 80.6 Å². The number of carbonyl (C=O) groups excluding carboxylic acids is 1. The third kappa shape index (κ3) is 4.49. The highest BCUT2D eigenvalue weighted by atomic mass is 35.5. The molecule has 8 heteroatoms. The first-order chi connectivity index (χ1) is 15.5. The van der Waals surface area contributed by atoms with Crippen LogP contribution < -0.4 is 21.0 Å². The Morgan fingerprint density at radius 1 is 1.03 bits per heavy atom. The predicted octanol–water partition coefficient (Wildman–Crippen LogP) is 5.25. The smallest absolute Gasteiger partial charge is 0.344 e. The van der Waals surface area contributed by atoms with Gasteiger partial charge in [-0.2, -0.15) is 0 Å². The second-order valence-corrected chi connectivity index (χ2v) is 7.60. The van der Waals surface area contributed by atoms with Crippen LogP contribution in [0.15, 0.2) is 82.0 Å². The van der Waals surface area contributed by atoms with Crippen molar-refractivity contribution < 1.29 is 13.9 Å². The zero-order valence-electron chi connectivity index (χ0n) is 16.8. The molecule has 0 fully saturated rings. The molecule has 0 aliphatic heterocycles. The number of anilines is 1. The summed E-state index contributed by atoms with van der Waals surface area (Å²) in [6, 6.07) is 20.8. The molecule has 4 aromatic rings. The van der Waals surface area contributed by atoms with Crippen molar-refractivity contribution in [2.24, 2.45) is 0 Å². The lowest BCUT2D eigenvalue weighted by atomic mass is 10.0. The predicted molar refractivity (Wildman–Crippen MR) is 130 cm³/mol. The molecule has 1 aromatic heterocycles. The van der Waals surface area contributed by atoms with Gasteiger partial charge in [-0.1, -0.05) is 48.0 Å². The van der Waals surface area contributed by atoms with Gasteiger partial charge < -0.3 is 14.5 Å². The number of hydrogen-bond acceptors (Lipinski definition) is 5. The van der Waals surface area contributed by atoms with Gasteiger partial charge in [0.2, 0.25) is 0 Å². The maximum atomic E-state index is 12.5. The van der Waals surface area contributed by atoms with Crippen LogP contribution in [0.4, 0.5) is 5.69 Å². The van der Waals surface area contributed by atoms with Crippen LogP contribution in [-0.2, 0) is 0 Å². The Morgan fingerprint density at radius 3 is 2.56 bits per heavy atom. The van der Waals surface area contributed by atoms with Crippen LogP contribution >= 0.6 is 23.8 Å². The van der Waals surface area contributed by atoms with Crippen LogP contribution in [-0.4, -0.2) is 18.1 Å². The van der Waals surface area contributed by atoms with E-state index in [9.17, 15) is 9.59 Å². The normalized spacial score (nSPS) is 10.6. The van der Waals surface area contributed by atoms with E-state index in [1.165, 1.54) is 7.11 Å². The molecular formula is C24H17ClN2O4S. The summed E-state index contributed by atoms with van der Waals surface area (Å²) >= 11 is 11.4. The number of rotatable bonds is 4. The molecule has 160 valence electrons. The fourth-order valence-electron chi connectivity index (χ4n) is 3.21. The molecule has 2 N–H and O–H groups in total. The Labute approximate surface area is 193 Å². The minimum absolute atomic E-state index is 0.0518. The molecule has 32 heavy (non-hydrogen) atoms. The number of ether oxygens (including phenoxy) is 1. The largest absolute Gasteiger partial charge is 0.495 e. The van der Waals surface area contributed by atoms with Crippen LogP contribution in [0, 0.1) is 0 Å². The first kappa shape index (κ1) is 21.5. The standard InChI is InChI=1S/C24H17ClN2O4S/c1-30-21-11-10-14(17-12-15-6-2-5-9-20(15)31-23(17)29)13-19(21)26-24(32)27-22(28)16-7-3-4-8-18(16)25/h2-13H,1H3,(H2,26,27,28,32). The quantitative estimate of drug-likeness (QED) is 0.317. The molecule has 0 saturated heterocycles. The van der Waals surface area contributed by atoms with E-state index >= 15 is 0 Å². The summed E-state index contributed by atoms with van der Waals surface area (Å²) in [5.41, 5.74) is 1.81. The molecule has 0 aliphatic carbocycles. The molecule has 0 atom stereocenters. The first-order valence-corrected chi connectivity index (χ1v) is 10.3. The number of carbonyl (C=O) groups is 1. The molecule has 3 aromatic carbocycles. The van der Waals surface area contributed by atoms with Gasteiger partial charge in [0.25, 0.3) is 5.91 Å². The molecule has 0 saturated carbocycles. The lowest BCUT2D eigenvalue weighted by Gasteiger charge is -2.14. The molecule has 1 amide bonds. The summed E-state index contributed by atoms with van der Waals surface area (Å²) in [6.07, 6.45) is 0. The van der Waals surface area contributed by atoms with E-state index < -0.39 is 11.5 Å². The van der Waals surface area contributed by atoms with E-state index in [-0.39, 0.29) is 5.11 Å². The Kier molecular flexibility index (Phi) is 6.20. The third-order valence-electron chi connectivity index (χ3n) is 4.75. The lowest BCUT2D eigenvalue weighted by molar-refractivity contribution is 0.0978. The van der Waals surface area contributed by atoms with Gasteiger partial charge in [0.15, 0.2) is 5.11 Å². The van der Waals surface area contributed by atoms with Gasteiger partial charge in [0, 0.05) is 5.39 Å². The average molecular weight is 465 g/mol. The van der Waals surface area contributed by atoms with Crippen molar-refractivity contribution in [2.45, 2.75) is 0 Å². The van der Waals surface area contributed by atoms with E-state index in [1.807, 2.05) is 12.1 Å². The van der Waals surface area contributed by atoms with E-state index in [1.54, 1.807) is 60.7 Å². The number of benzene rings is 3. The van der Waals surface area contributed by atoms with Crippen molar-refractivity contribution in [3.05, 3.63) is 93.8 Å². The molecule has 0 aliphatic rings. The molecule has 0 bridgehead atoms. The fourth-order valence-corrected chi connectivity index (χ4v) is 3.63. The van der Waals surface area contributed by atoms with Gasteiger partial charge in [0.05, 0.1) is 28.9 Å². The van der Waals surface area contributed by atoms with Crippen LogP contribution in [0.3, 0.4) is 0 Å². The molecule has 0 radical (unpaired) electrons. The SMILES string of the molecule is COc1ccc(-c2cc3ccccc3oc2=O)cc1NC(=S)NC(=O)c1ccccc1Cl. The Morgan fingerprint density at radius 2 is 1.78 bits per heavy atom. The van der Waals surface area contributed by atoms with Gasteiger partial charge in [-0.15, -0.1) is 0 Å². The number of halogens is 1. The summed E-state index contributed by atoms with van der Waals surface area (Å²) < 4.78 is 10.8. The lowest BCUT2D eigenvalue weighted by Crippen LogP contribution is -2.34. The van der Waals surface area contributed by atoms with Gasteiger partial charge in [-0.25, -0.2) is 4.79 Å². The maximum Gasteiger partial charge on any atom is 0.344 e. The van der Waals surface area contributed by atoms with Crippen molar-refractivity contribution in [1.29, 1.82) is 0 Å². The van der Waals surface area contributed by atoms with Gasteiger partial charge >= 0.3 is 5.63 Å². The third-order valence-corrected chi connectivity index (χ3v) is 5.28. The zero-order valence-corrected chi connectivity index (χ0v) is 18.4. The zero-order chi connectivity index (χ0) is 22.7. The first-order valence-electron chi connectivity index (χ1n) is 9.54. The molecule has 4 rings (SSSR count). The minimum atomic E-state index is -0.464. The van der Waals surface area contributed by atoms with Crippen LogP contribution in [0.5, 0.6) is 5.75 Å². The number of hydrogen-bond donors (Lipinski definition) is 2. The Bertz CT molecular complexity index is 1400. The molecule has 1 heterocycles. The molecule has 0 spiro atoms. The maximum absolute atomic E-state index is 12.5. The monoisotopic (exact) mass is 464 g/mol.